The van der Waals surface area contributed by atoms with Crippen LogP contribution in [0.5, 0.6) is 5.75 Å². The first-order valence-electron chi connectivity index (χ1n) is 14.2. The first kappa shape index (κ1) is 30.0. The Bertz CT molecular complexity index is 1280. The molecule has 40 heavy (non-hydrogen) atoms. The summed E-state index contributed by atoms with van der Waals surface area (Å²) in [5.74, 6) is 0.213. The SMILES string of the molecule is CCCn1cc(CCC(CC(=O)OCC)c2ccc(C)c(CN3C[C@@H](CC)Oc4ccccc4S3(O)O)c2)nn1. The van der Waals surface area contributed by atoms with Gasteiger partial charge in [0.05, 0.1) is 25.3 Å². The lowest BCUT2D eigenvalue weighted by molar-refractivity contribution is -0.143. The second-order valence-electron chi connectivity index (χ2n) is 10.3. The third-order valence-electron chi connectivity index (χ3n) is 7.36. The van der Waals surface area contributed by atoms with E-state index in [1.54, 1.807) is 22.5 Å². The van der Waals surface area contributed by atoms with E-state index in [9.17, 15) is 13.9 Å². The molecule has 2 aromatic carbocycles. The van der Waals surface area contributed by atoms with Crippen molar-refractivity contribution in [2.45, 2.75) is 89.8 Å². The Hall–Kier alpha value is -2.92. The van der Waals surface area contributed by atoms with Gasteiger partial charge in [-0.3, -0.25) is 18.6 Å². The molecule has 0 spiro atoms. The number of fused-ring (bicyclic) bond motifs is 1. The number of aromatic nitrogens is 3. The van der Waals surface area contributed by atoms with Crippen molar-refractivity contribution in [1.29, 1.82) is 0 Å². The molecule has 2 N–H and O–H groups in total. The van der Waals surface area contributed by atoms with E-state index in [0.717, 1.165) is 41.8 Å². The van der Waals surface area contributed by atoms with Gasteiger partial charge in [0.1, 0.15) is 16.7 Å². The summed E-state index contributed by atoms with van der Waals surface area (Å²) < 4.78 is 37.9. The van der Waals surface area contributed by atoms with Gasteiger partial charge in [0, 0.05) is 19.3 Å². The third kappa shape index (κ3) is 7.23. The number of para-hydroxylation sites is 1. The van der Waals surface area contributed by atoms with Crippen LogP contribution in [0.15, 0.2) is 53.6 Å². The molecular weight excluding hydrogens is 528 g/mol. The van der Waals surface area contributed by atoms with E-state index in [-0.39, 0.29) is 24.4 Å². The minimum Gasteiger partial charge on any atom is -0.487 e. The number of esters is 1. The van der Waals surface area contributed by atoms with Crippen LogP contribution in [0, 0.1) is 6.92 Å². The van der Waals surface area contributed by atoms with E-state index in [0.29, 0.717) is 43.2 Å². The topological polar surface area (TPSA) is 110 Å². The van der Waals surface area contributed by atoms with Crippen LogP contribution in [0.2, 0.25) is 0 Å². The Balaban J connectivity index is 1.60. The van der Waals surface area contributed by atoms with Crippen molar-refractivity contribution in [3.05, 3.63) is 71.0 Å². The molecule has 2 atom stereocenters. The predicted molar refractivity (Wildman–Crippen MR) is 156 cm³/mol. The zero-order valence-corrected chi connectivity index (χ0v) is 24.8. The highest BCUT2D eigenvalue weighted by Gasteiger charge is 2.35. The van der Waals surface area contributed by atoms with Gasteiger partial charge in [-0.15, -0.1) is 15.9 Å². The smallest absolute Gasteiger partial charge is 0.306 e. The van der Waals surface area contributed by atoms with Gasteiger partial charge in [-0.05, 0) is 74.3 Å². The summed E-state index contributed by atoms with van der Waals surface area (Å²) in [4.78, 5) is 13.0. The van der Waals surface area contributed by atoms with E-state index >= 15 is 0 Å². The summed E-state index contributed by atoms with van der Waals surface area (Å²) in [7, 11) is -3.27. The Kier molecular flexibility index (Phi) is 10.2. The number of carbonyl (C=O) groups excluding carboxylic acids is 1. The second-order valence-corrected chi connectivity index (χ2v) is 12.3. The van der Waals surface area contributed by atoms with Crippen molar-refractivity contribution in [2.24, 2.45) is 0 Å². The summed E-state index contributed by atoms with van der Waals surface area (Å²) in [5, 5.41) is 8.51. The molecule has 0 saturated heterocycles. The van der Waals surface area contributed by atoms with Crippen LogP contribution in [0.4, 0.5) is 0 Å². The van der Waals surface area contributed by atoms with E-state index in [4.69, 9.17) is 9.47 Å². The molecule has 0 amide bonds. The van der Waals surface area contributed by atoms with Crippen LogP contribution in [-0.2, 0) is 29.0 Å². The Labute approximate surface area is 239 Å². The van der Waals surface area contributed by atoms with Crippen molar-refractivity contribution in [1.82, 2.24) is 19.3 Å². The zero-order valence-electron chi connectivity index (χ0n) is 24.0. The summed E-state index contributed by atoms with van der Waals surface area (Å²) >= 11 is 0. The molecule has 0 saturated carbocycles. The maximum absolute atomic E-state index is 12.6. The molecule has 1 aliphatic rings. The van der Waals surface area contributed by atoms with Crippen LogP contribution < -0.4 is 4.74 Å². The number of hydrogen-bond acceptors (Lipinski definition) is 8. The largest absolute Gasteiger partial charge is 0.487 e. The molecule has 1 aliphatic heterocycles. The number of nitrogens with zero attached hydrogens (tertiary/aromatic N) is 4. The summed E-state index contributed by atoms with van der Waals surface area (Å²) in [6.45, 7) is 9.87. The van der Waals surface area contributed by atoms with Gasteiger partial charge >= 0.3 is 5.97 Å². The zero-order chi connectivity index (χ0) is 28.7. The second kappa shape index (κ2) is 13.6. The molecule has 10 heteroatoms. The van der Waals surface area contributed by atoms with Gasteiger partial charge < -0.3 is 9.47 Å². The molecule has 218 valence electrons. The molecular formula is C30H42N4O5S. The van der Waals surface area contributed by atoms with Gasteiger partial charge in [0.15, 0.2) is 0 Å². The monoisotopic (exact) mass is 570 g/mol. The van der Waals surface area contributed by atoms with E-state index < -0.39 is 10.8 Å². The van der Waals surface area contributed by atoms with E-state index in [1.165, 1.54) is 0 Å². The van der Waals surface area contributed by atoms with E-state index in [2.05, 4.69) is 29.4 Å². The highest BCUT2D eigenvalue weighted by atomic mass is 32.3. The first-order valence-corrected chi connectivity index (χ1v) is 15.7. The average Bonchev–Trinajstić information content (AvgIpc) is 3.35. The van der Waals surface area contributed by atoms with Gasteiger partial charge in [-0.25, -0.2) is 0 Å². The van der Waals surface area contributed by atoms with Crippen molar-refractivity contribution in [2.75, 3.05) is 13.2 Å². The van der Waals surface area contributed by atoms with Crippen molar-refractivity contribution >= 4 is 16.7 Å². The molecule has 2 heterocycles. The number of ether oxygens (including phenoxy) is 2. The molecule has 0 bridgehead atoms. The van der Waals surface area contributed by atoms with Crippen LogP contribution in [-0.4, -0.2) is 53.6 Å². The summed E-state index contributed by atoms with van der Waals surface area (Å²) in [6, 6.07) is 13.4. The fourth-order valence-corrected chi connectivity index (χ4v) is 6.67. The van der Waals surface area contributed by atoms with Gasteiger partial charge in [-0.1, -0.05) is 49.4 Å². The van der Waals surface area contributed by atoms with Gasteiger partial charge in [0.25, 0.3) is 0 Å². The predicted octanol–water partition coefficient (Wildman–Crippen LogP) is 6.36. The highest BCUT2D eigenvalue weighted by molar-refractivity contribution is 8.22. The molecule has 1 unspecified atom stereocenters. The Morgan fingerprint density at radius 1 is 1.20 bits per heavy atom. The van der Waals surface area contributed by atoms with Crippen LogP contribution >= 0.6 is 10.8 Å². The maximum Gasteiger partial charge on any atom is 0.306 e. The molecule has 3 aromatic rings. The highest BCUT2D eigenvalue weighted by Crippen LogP contribution is 2.57. The number of benzene rings is 2. The van der Waals surface area contributed by atoms with Crippen molar-refractivity contribution in [3.63, 3.8) is 0 Å². The standard InChI is InChI=1S/C30H42N4O5S/c1-5-16-33-20-26(31-32-33)15-14-24(18-30(35)38-7-3)23-13-12-22(4)25(17-23)19-34-21-27(6-2)39-28-10-8-9-11-29(28)40(34,36)37/h8-13,17,20,24,27,36-37H,5-7,14-16,18-19,21H2,1-4H3/t24?,27-/m1/s1. The Morgan fingerprint density at radius 2 is 2.00 bits per heavy atom. The number of rotatable bonds is 12. The minimum atomic E-state index is -3.27. The molecule has 0 aliphatic carbocycles. The van der Waals surface area contributed by atoms with Crippen LogP contribution in [0.1, 0.15) is 74.8 Å². The lowest BCUT2D eigenvalue weighted by Gasteiger charge is -2.42. The summed E-state index contributed by atoms with van der Waals surface area (Å²) in [5.41, 5.74) is 3.94. The fraction of sp³-hybridized carbons (Fsp3) is 0.500. The number of hydrogen-bond donors (Lipinski definition) is 2. The van der Waals surface area contributed by atoms with Crippen LogP contribution in [0.3, 0.4) is 0 Å². The molecule has 0 fully saturated rings. The normalized spacial score (nSPS) is 18.3. The lowest BCUT2D eigenvalue weighted by Crippen LogP contribution is -2.34. The summed E-state index contributed by atoms with van der Waals surface area (Å²) in [6.07, 6.45) is 5.19. The van der Waals surface area contributed by atoms with Gasteiger partial charge in [-0.2, -0.15) is 4.31 Å². The molecule has 4 rings (SSSR count). The van der Waals surface area contributed by atoms with E-state index in [1.807, 2.05) is 43.8 Å². The fourth-order valence-electron chi connectivity index (χ4n) is 5.05. The first-order chi connectivity index (χ1) is 19.2. The van der Waals surface area contributed by atoms with Crippen molar-refractivity contribution in [3.8, 4) is 5.75 Å². The van der Waals surface area contributed by atoms with Crippen molar-refractivity contribution < 1.29 is 23.4 Å². The molecule has 9 nitrogen and oxygen atoms in total. The number of aryl methyl sites for hydroxylation is 3. The van der Waals surface area contributed by atoms with Crippen LogP contribution in [0.25, 0.3) is 0 Å². The molecule has 0 radical (unpaired) electrons. The van der Waals surface area contributed by atoms with Gasteiger partial charge in [0.2, 0.25) is 0 Å². The Morgan fingerprint density at radius 3 is 2.75 bits per heavy atom. The third-order valence-corrected chi connectivity index (χ3v) is 9.28. The minimum absolute atomic E-state index is 0.0772. The lowest BCUT2D eigenvalue weighted by atomic mass is 9.88. The number of carbonyl (C=O) groups is 1. The maximum atomic E-state index is 12.6. The molecule has 1 aromatic heterocycles. The quantitative estimate of drug-likeness (QED) is 0.242. The average molecular weight is 571 g/mol.